The Labute approximate surface area is 128 Å². The van der Waals surface area contributed by atoms with E-state index in [-0.39, 0.29) is 11.7 Å². The van der Waals surface area contributed by atoms with Gasteiger partial charge in [-0.05, 0) is 31.9 Å². The summed E-state index contributed by atoms with van der Waals surface area (Å²) in [4.78, 5) is 20.0. The van der Waals surface area contributed by atoms with Crippen molar-refractivity contribution < 1.29 is 14.3 Å². The van der Waals surface area contributed by atoms with Crippen molar-refractivity contribution in [2.24, 2.45) is 0 Å². The number of aliphatic hydroxyl groups is 1. The molecule has 0 atom stereocenters. The maximum absolute atomic E-state index is 11.9. The van der Waals surface area contributed by atoms with Crippen molar-refractivity contribution >= 4 is 5.91 Å². The molecule has 1 amide bonds. The van der Waals surface area contributed by atoms with Crippen molar-refractivity contribution in [3.05, 3.63) is 47.9 Å². The van der Waals surface area contributed by atoms with Crippen molar-refractivity contribution in [1.82, 2.24) is 15.3 Å². The molecule has 2 aromatic rings. The number of furan rings is 1. The van der Waals surface area contributed by atoms with E-state index >= 15 is 0 Å². The molecule has 0 unspecified atom stereocenters. The topological polar surface area (TPSA) is 88.2 Å². The molecule has 0 bridgehead atoms. The minimum absolute atomic E-state index is 0.180. The number of amides is 1. The largest absolute Gasteiger partial charge is 0.443 e. The van der Waals surface area contributed by atoms with Crippen LogP contribution >= 0.6 is 0 Å². The third-order valence-corrected chi connectivity index (χ3v) is 2.60. The SMILES string of the molecule is CC(C)(O)C#Cc1ccc(C(=O)NCCc2cnccn2)o1. The molecule has 2 N–H and O–H groups in total. The summed E-state index contributed by atoms with van der Waals surface area (Å²) < 4.78 is 5.32. The molecule has 2 heterocycles. The smallest absolute Gasteiger partial charge is 0.287 e. The molecule has 6 nitrogen and oxygen atoms in total. The fourth-order valence-electron chi connectivity index (χ4n) is 1.59. The fourth-order valence-corrected chi connectivity index (χ4v) is 1.59. The van der Waals surface area contributed by atoms with E-state index in [0.29, 0.717) is 18.7 Å². The van der Waals surface area contributed by atoms with Gasteiger partial charge in [-0.2, -0.15) is 0 Å². The molecule has 0 aromatic carbocycles. The first-order valence-corrected chi connectivity index (χ1v) is 6.82. The van der Waals surface area contributed by atoms with E-state index in [0.717, 1.165) is 5.69 Å². The van der Waals surface area contributed by atoms with E-state index in [2.05, 4.69) is 27.1 Å². The Bertz CT molecular complexity index is 691. The lowest BCUT2D eigenvalue weighted by molar-refractivity contribution is 0.0926. The molecule has 6 heteroatoms. The van der Waals surface area contributed by atoms with E-state index < -0.39 is 5.60 Å². The average Bonchev–Trinajstić information content (AvgIpc) is 2.94. The van der Waals surface area contributed by atoms with Crippen molar-refractivity contribution in [3.8, 4) is 11.8 Å². The van der Waals surface area contributed by atoms with Crippen molar-refractivity contribution in [3.63, 3.8) is 0 Å². The molecular weight excluding hydrogens is 282 g/mol. The number of aromatic nitrogens is 2. The minimum Gasteiger partial charge on any atom is -0.443 e. The molecule has 0 saturated heterocycles. The van der Waals surface area contributed by atoms with Gasteiger partial charge in [0.05, 0.1) is 5.69 Å². The van der Waals surface area contributed by atoms with Crippen molar-refractivity contribution in [1.29, 1.82) is 0 Å². The minimum atomic E-state index is -1.11. The van der Waals surface area contributed by atoms with E-state index in [1.54, 1.807) is 44.6 Å². The average molecular weight is 299 g/mol. The summed E-state index contributed by atoms with van der Waals surface area (Å²) in [6, 6.07) is 3.14. The number of hydrogen-bond donors (Lipinski definition) is 2. The Morgan fingerprint density at radius 1 is 1.41 bits per heavy atom. The van der Waals surface area contributed by atoms with Gasteiger partial charge in [0.1, 0.15) is 5.60 Å². The van der Waals surface area contributed by atoms with Gasteiger partial charge in [0.2, 0.25) is 0 Å². The van der Waals surface area contributed by atoms with Crippen LogP contribution in [0, 0.1) is 11.8 Å². The molecule has 0 saturated carbocycles. The molecule has 2 aromatic heterocycles. The standard InChI is InChI=1S/C16H17N3O3/c1-16(2,21)7-5-13-3-4-14(22-13)15(20)19-8-6-12-11-17-9-10-18-12/h3-4,9-11,21H,6,8H2,1-2H3,(H,19,20). The summed E-state index contributed by atoms with van der Waals surface area (Å²) in [6.45, 7) is 3.58. The zero-order valence-electron chi connectivity index (χ0n) is 12.5. The van der Waals surface area contributed by atoms with Crippen LogP contribution in [0.2, 0.25) is 0 Å². The molecule has 114 valence electrons. The molecule has 0 spiro atoms. The highest BCUT2D eigenvalue weighted by molar-refractivity contribution is 5.91. The van der Waals surface area contributed by atoms with Crippen LogP contribution < -0.4 is 5.32 Å². The quantitative estimate of drug-likeness (QED) is 0.827. The van der Waals surface area contributed by atoms with Gasteiger partial charge < -0.3 is 14.8 Å². The maximum Gasteiger partial charge on any atom is 0.287 e. The second-order valence-corrected chi connectivity index (χ2v) is 5.18. The number of hydrogen-bond acceptors (Lipinski definition) is 5. The van der Waals surface area contributed by atoms with Crippen molar-refractivity contribution in [2.45, 2.75) is 25.9 Å². The van der Waals surface area contributed by atoms with Gasteiger partial charge in [0.15, 0.2) is 11.5 Å². The van der Waals surface area contributed by atoms with Crippen molar-refractivity contribution in [2.75, 3.05) is 6.54 Å². The van der Waals surface area contributed by atoms with E-state index in [1.165, 1.54) is 0 Å². The lowest BCUT2D eigenvalue weighted by Gasteiger charge is -2.05. The zero-order valence-corrected chi connectivity index (χ0v) is 12.5. The fraction of sp³-hybridized carbons (Fsp3) is 0.312. The van der Waals surface area contributed by atoms with Gasteiger partial charge in [-0.15, -0.1) is 0 Å². The molecule has 2 rings (SSSR count). The summed E-state index contributed by atoms with van der Waals surface area (Å²) >= 11 is 0. The van der Waals surface area contributed by atoms with Crippen LogP contribution in [0.25, 0.3) is 0 Å². The lowest BCUT2D eigenvalue weighted by atomic mass is 10.1. The van der Waals surface area contributed by atoms with Crippen LogP contribution in [0.5, 0.6) is 0 Å². The summed E-state index contributed by atoms with van der Waals surface area (Å²) in [5, 5.41) is 12.2. The van der Waals surface area contributed by atoms with E-state index in [9.17, 15) is 9.90 Å². The van der Waals surface area contributed by atoms with Gasteiger partial charge >= 0.3 is 0 Å². The van der Waals surface area contributed by atoms with Crippen LogP contribution in [0.15, 0.2) is 35.1 Å². The number of rotatable bonds is 4. The summed E-state index contributed by atoms with van der Waals surface area (Å²) in [6.07, 6.45) is 5.45. The van der Waals surface area contributed by atoms with Crippen LogP contribution in [0.4, 0.5) is 0 Å². The van der Waals surface area contributed by atoms with Crippen LogP contribution in [0.3, 0.4) is 0 Å². The first kappa shape index (κ1) is 15.7. The first-order valence-electron chi connectivity index (χ1n) is 6.82. The Morgan fingerprint density at radius 2 is 2.23 bits per heavy atom. The van der Waals surface area contributed by atoms with Gasteiger partial charge in [-0.25, -0.2) is 0 Å². The Hall–Kier alpha value is -2.65. The third kappa shape index (κ3) is 5.04. The summed E-state index contributed by atoms with van der Waals surface area (Å²) in [7, 11) is 0. The van der Waals surface area contributed by atoms with E-state index in [1.807, 2.05) is 0 Å². The lowest BCUT2D eigenvalue weighted by Crippen LogP contribution is -2.25. The van der Waals surface area contributed by atoms with Gasteiger partial charge in [-0.3, -0.25) is 14.8 Å². The monoisotopic (exact) mass is 299 g/mol. The Kier molecular flexibility index (Phi) is 4.92. The number of nitrogens with one attached hydrogen (secondary N) is 1. The second-order valence-electron chi connectivity index (χ2n) is 5.18. The number of nitrogens with zero attached hydrogens (tertiary/aromatic N) is 2. The van der Waals surface area contributed by atoms with Gasteiger partial charge in [-0.1, -0.05) is 5.92 Å². The molecule has 0 radical (unpaired) electrons. The second kappa shape index (κ2) is 6.87. The van der Waals surface area contributed by atoms with Crippen LogP contribution in [-0.4, -0.2) is 33.1 Å². The van der Waals surface area contributed by atoms with Crippen LogP contribution in [0.1, 0.15) is 35.9 Å². The van der Waals surface area contributed by atoms with Gasteiger partial charge in [0, 0.05) is 31.6 Å². The highest BCUT2D eigenvalue weighted by atomic mass is 16.3. The molecule has 0 aliphatic rings. The maximum atomic E-state index is 11.9. The normalized spacial score (nSPS) is 10.7. The number of carbonyl (C=O) groups excluding carboxylic acids is 1. The third-order valence-electron chi connectivity index (χ3n) is 2.60. The Balaban J connectivity index is 1.88. The molecular formula is C16H17N3O3. The Morgan fingerprint density at radius 3 is 2.91 bits per heavy atom. The van der Waals surface area contributed by atoms with Crippen LogP contribution in [-0.2, 0) is 6.42 Å². The summed E-state index contributed by atoms with van der Waals surface area (Å²) in [5.41, 5.74) is -0.301. The predicted octanol–water partition coefficient (Wildman–Crippen LogP) is 1.16. The molecule has 22 heavy (non-hydrogen) atoms. The highest BCUT2D eigenvalue weighted by Gasteiger charge is 2.11. The summed E-state index contributed by atoms with van der Waals surface area (Å²) in [5.74, 6) is 5.49. The zero-order chi connectivity index (χ0) is 16.0. The molecule has 0 aliphatic heterocycles. The van der Waals surface area contributed by atoms with Gasteiger partial charge in [0.25, 0.3) is 5.91 Å². The first-order chi connectivity index (χ1) is 10.4. The highest BCUT2D eigenvalue weighted by Crippen LogP contribution is 2.07. The van der Waals surface area contributed by atoms with E-state index in [4.69, 9.17) is 4.42 Å². The predicted molar refractivity (Wildman–Crippen MR) is 80.0 cm³/mol. The molecule has 0 aliphatic carbocycles. The number of carbonyl (C=O) groups is 1. The molecule has 0 fully saturated rings.